The fraction of sp³-hybridized carbons (Fsp3) is 0.800. The molecular formula is C10H19NO4. The summed E-state index contributed by atoms with van der Waals surface area (Å²) in [5, 5.41) is 10.4. The molecule has 0 amide bonds. The zero-order valence-corrected chi connectivity index (χ0v) is 9.78. The molecule has 1 atom stereocenters. The lowest BCUT2D eigenvalue weighted by Crippen LogP contribution is -2.39. The van der Waals surface area contributed by atoms with Crippen LogP contribution in [0.15, 0.2) is 0 Å². The predicted octanol–water partition coefficient (Wildman–Crippen LogP) is -0.846. The van der Waals surface area contributed by atoms with Gasteiger partial charge in [-0.1, -0.05) is 0 Å². The van der Waals surface area contributed by atoms with Gasteiger partial charge in [0.15, 0.2) is 0 Å². The van der Waals surface area contributed by atoms with Gasteiger partial charge in [-0.3, -0.25) is 4.79 Å². The average Bonchev–Trinajstić information content (AvgIpc) is 1.96. The lowest BCUT2D eigenvalue weighted by molar-refractivity contribution is -0.870. The molecule has 0 spiro atoms. The minimum atomic E-state index is -1.19. The SMILES string of the molecule is CC(=O)O[C@@H](CC[N+](C)(C)C)CC(=O)[O-]. The van der Waals surface area contributed by atoms with Crippen molar-refractivity contribution in [1.82, 2.24) is 0 Å². The van der Waals surface area contributed by atoms with Crippen molar-refractivity contribution in [3.05, 3.63) is 0 Å². The van der Waals surface area contributed by atoms with Gasteiger partial charge in [0, 0.05) is 25.7 Å². The third-order valence-electron chi connectivity index (χ3n) is 1.85. The van der Waals surface area contributed by atoms with Gasteiger partial charge in [0.25, 0.3) is 0 Å². The minimum absolute atomic E-state index is 0.237. The van der Waals surface area contributed by atoms with Gasteiger partial charge in [-0.2, -0.15) is 0 Å². The Hall–Kier alpha value is -1.10. The molecule has 0 N–H and O–H groups in total. The number of aliphatic carboxylic acids is 1. The van der Waals surface area contributed by atoms with Gasteiger partial charge in [0.2, 0.25) is 0 Å². The van der Waals surface area contributed by atoms with Gasteiger partial charge < -0.3 is 19.1 Å². The molecule has 0 aliphatic heterocycles. The number of carbonyl (C=O) groups excluding carboxylic acids is 2. The number of carbonyl (C=O) groups is 2. The second kappa shape index (κ2) is 5.70. The van der Waals surface area contributed by atoms with Crippen LogP contribution in [0.1, 0.15) is 19.8 Å². The average molecular weight is 217 g/mol. The van der Waals surface area contributed by atoms with Crippen molar-refractivity contribution < 1.29 is 23.9 Å². The Morgan fingerprint density at radius 2 is 1.87 bits per heavy atom. The van der Waals surface area contributed by atoms with E-state index in [0.717, 1.165) is 6.54 Å². The summed E-state index contributed by atoms with van der Waals surface area (Å²) in [6, 6.07) is 0. The first-order chi connectivity index (χ1) is 6.70. The third kappa shape index (κ3) is 9.21. The van der Waals surface area contributed by atoms with Gasteiger partial charge in [0.05, 0.1) is 27.7 Å². The minimum Gasteiger partial charge on any atom is -0.550 e. The number of hydrogen-bond acceptors (Lipinski definition) is 4. The Bertz CT molecular complexity index is 216. The molecule has 0 aromatic rings. The number of ether oxygens (including phenoxy) is 1. The molecule has 15 heavy (non-hydrogen) atoms. The summed E-state index contributed by atoms with van der Waals surface area (Å²) < 4.78 is 5.59. The molecule has 0 bridgehead atoms. The quantitative estimate of drug-likeness (QED) is 0.429. The highest BCUT2D eigenvalue weighted by Crippen LogP contribution is 2.07. The van der Waals surface area contributed by atoms with E-state index in [2.05, 4.69) is 0 Å². The maximum absolute atomic E-state index is 10.7. The fourth-order valence-electron chi connectivity index (χ4n) is 1.15. The van der Waals surface area contributed by atoms with Crippen LogP contribution in [0.2, 0.25) is 0 Å². The fourth-order valence-corrected chi connectivity index (χ4v) is 1.15. The highest BCUT2D eigenvalue weighted by Gasteiger charge is 2.17. The van der Waals surface area contributed by atoms with Crippen molar-refractivity contribution in [2.45, 2.75) is 25.9 Å². The van der Waals surface area contributed by atoms with Crippen LogP contribution >= 0.6 is 0 Å². The van der Waals surface area contributed by atoms with Crippen molar-refractivity contribution in [3.63, 3.8) is 0 Å². The van der Waals surface area contributed by atoms with Gasteiger partial charge in [-0.15, -0.1) is 0 Å². The van der Waals surface area contributed by atoms with Crippen LogP contribution in [-0.2, 0) is 14.3 Å². The summed E-state index contributed by atoms with van der Waals surface area (Å²) in [7, 11) is 5.97. The Labute approximate surface area is 90.2 Å². The Morgan fingerprint density at radius 1 is 1.33 bits per heavy atom. The molecule has 0 rings (SSSR count). The van der Waals surface area contributed by atoms with E-state index in [1.54, 1.807) is 0 Å². The van der Waals surface area contributed by atoms with Crippen LogP contribution in [0, 0.1) is 0 Å². The molecule has 0 heterocycles. The first-order valence-corrected chi connectivity index (χ1v) is 4.88. The van der Waals surface area contributed by atoms with E-state index in [1.165, 1.54) is 6.92 Å². The van der Waals surface area contributed by atoms with Gasteiger partial charge >= 0.3 is 5.97 Å². The van der Waals surface area contributed by atoms with E-state index in [9.17, 15) is 14.7 Å². The summed E-state index contributed by atoms with van der Waals surface area (Å²) in [4.78, 5) is 21.1. The van der Waals surface area contributed by atoms with Gasteiger partial charge in [0.1, 0.15) is 6.10 Å². The molecule has 5 nitrogen and oxygen atoms in total. The standard InChI is InChI=1S/C10H19NO4/c1-8(12)15-9(7-10(13)14)5-6-11(2,3)4/h9H,5-7H2,1-4H3/t9-/m0/s1. The number of hydrogen-bond donors (Lipinski definition) is 0. The Kier molecular flexibility index (Phi) is 5.28. The summed E-state index contributed by atoms with van der Waals surface area (Å²) in [6.45, 7) is 2.01. The molecule has 0 aliphatic rings. The largest absolute Gasteiger partial charge is 0.550 e. The predicted molar refractivity (Wildman–Crippen MR) is 52.7 cm³/mol. The molecule has 0 saturated carbocycles. The monoisotopic (exact) mass is 217 g/mol. The van der Waals surface area contributed by atoms with E-state index in [0.29, 0.717) is 10.9 Å². The first-order valence-electron chi connectivity index (χ1n) is 4.88. The number of carboxylic acids is 1. The topological polar surface area (TPSA) is 66.4 Å². The van der Waals surface area contributed by atoms with Crippen molar-refractivity contribution in [1.29, 1.82) is 0 Å². The molecule has 0 radical (unpaired) electrons. The maximum Gasteiger partial charge on any atom is 0.302 e. The highest BCUT2D eigenvalue weighted by molar-refractivity contribution is 5.68. The summed E-state index contributed by atoms with van der Waals surface area (Å²) in [5.41, 5.74) is 0. The van der Waals surface area contributed by atoms with Crippen LogP contribution in [0.4, 0.5) is 0 Å². The Balaban J connectivity index is 4.12. The van der Waals surface area contributed by atoms with Crippen molar-refractivity contribution >= 4 is 11.9 Å². The molecule has 0 aromatic carbocycles. The van der Waals surface area contributed by atoms with E-state index in [-0.39, 0.29) is 6.42 Å². The van der Waals surface area contributed by atoms with Crippen LogP contribution in [-0.4, -0.2) is 50.2 Å². The molecule has 0 fully saturated rings. The molecule has 0 saturated heterocycles. The summed E-state index contributed by atoms with van der Waals surface area (Å²) in [6.07, 6.45) is -0.291. The van der Waals surface area contributed by atoms with E-state index in [1.807, 2.05) is 21.1 Å². The van der Waals surface area contributed by atoms with Crippen molar-refractivity contribution in [2.75, 3.05) is 27.7 Å². The molecule has 0 unspecified atom stereocenters. The molecule has 5 heteroatoms. The number of rotatable bonds is 6. The van der Waals surface area contributed by atoms with Gasteiger partial charge in [-0.25, -0.2) is 0 Å². The van der Waals surface area contributed by atoms with Crippen LogP contribution in [0.3, 0.4) is 0 Å². The smallest absolute Gasteiger partial charge is 0.302 e. The van der Waals surface area contributed by atoms with Crippen LogP contribution < -0.4 is 5.11 Å². The zero-order valence-electron chi connectivity index (χ0n) is 9.78. The van der Waals surface area contributed by atoms with Gasteiger partial charge in [-0.05, 0) is 0 Å². The highest BCUT2D eigenvalue weighted by atomic mass is 16.5. The van der Waals surface area contributed by atoms with Crippen molar-refractivity contribution in [2.24, 2.45) is 0 Å². The second-order valence-electron chi connectivity index (χ2n) is 4.61. The van der Waals surface area contributed by atoms with Crippen molar-refractivity contribution in [3.8, 4) is 0 Å². The maximum atomic E-state index is 10.7. The number of nitrogens with zero attached hydrogens (tertiary/aromatic N) is 1. The Morgan fingerprint density at radius 3 is 2.20 bits per heavy atom. The lowest BCUT2D eigenvalue weighted by Gasteiger charge is -2.26. The summed E-state index contributed by atoms with van der Waals surface area (Å²) >= 11 is 0. The third-order valence-corrected chi connectivity index (χ3v) is 1.85. The number of carboxylic acid groups (broad SMARTS) is 1. The van der Waals surface area contributed by atoms with E-state index >= 15 is 0 Å². The molecule has 0 aromatic heterocycles. The molecular weight excluding hydrogens is 198 g/mol. The normalized spacial score (nSPS) is 13.3. The lowest BCUT2D eigenvalue weighted by atomic mass is 10.1. The molecule has 0 aliphatic carbocycles. The van der Waals surface area contributed by atoms with Crippen LogP contribution in [0.25, 0.3) is 0 Å². The zero-order chi connectivity index (χ0) is 12.1. The first kappa shape index (κ1) is 13.9. The molecule has 88 valence electrons. The second-order valence-corrected chi connectivity index (χ2v) is 4.61. The van der Waals surface area contributed by atoms with Crippen LogP contribution in [0.5, 0.6) is 0 Å². The number of quaternary nitrogens is 1. The summed E-state index contributed by atoms with van der Waals surface area (Å²) in [5.74, 6) is -1.65. The van der Waals surface area contributed by atoms with E-state index in [4.69, 9.17) is 4.74 Å². The number of esters is 1. The van der Waals surface area contributed by atoms with E-state index < -0.39 is 18.0 Å².